The summed E-state index contributed by atoms with van der Waals surface area (Å²) in [7, 11) is 1.07. The van der Waals surface area contributed by atoms with E-state index in [0.29, 0.717) is 0 Å². The van der Waals surface area contributed by atoms with E-state index in [4.69, 9.17) is 11.6 Å². The molecule has 0 aliphatic heterocycles. The standard InChI is InChI=1S/C8H6ClN3O7/c1-19-7-3-2-5(9)4-6(7)8(10(13)14,11(15)16)12(17)18/h2-4H,1H3. The molecule has 1 rings (SSSR count). The number of rotatable bonds is 5. The Bertz CT molecular complexity index is 525. The third-order valence-corrected chi connectivity index (χ3v) is 2.52. The summed E-state index contributed by atoms with van der Waals surface area (Å²) in [5.41, 5.74) is -0.859. The van der Waals surface area contributed by atoms with Gasteiger partial charge in [0.05, 0.1) is 7.11 Å². The van der Waals surface area contributed by atoms with Crippen LogP contribution in [0, 0.1) is 30.3 Å². The summed E-state index contributed by atoms with van der Waals surface area (Å²) < 4.78 is 4.68. The first-order valence-corrected chi connectivity index (χ1v) is 4.93. The molecule has 0 aliphatic carbocycles. The van der Waals surface area contributed by atoms with Crippen LogP contribution in [0.25, 0.3) is 0 Å². The quantitative estimate of drug-likeness (QED) is 0.452. The van der Waals surface area contributed by atoms with Gasteiger partial charge in [0.2, 0.25) is 5.56 Å². The summed E-state index contributed by atoms with van der Waals surface area (Å²) in [6.45, 7) is 0. The summed E-state index contributed by atoms with van der Waals surface area (Å²) >= 11 is 5.57. The maximum Gasteiger partial charge on any atom is 0.732 e. The molecule has 0 heterocycles. The number of benzene rings is 1. The van der Waals surface area contributed by atoms with E-state index in [1.807, 2.05) is 0 Å². The number of ether oxygens (including phenoxy) is 1. The number of hydrogen-bond donors (Lipinski definition) is 0. The zero-order valence-electron chi connectivity index (χ0n) is 9.31. The van der Waals surface area contributed by atoms with E-state index < -0.39 is 26.1 Å². The van der Waals surface area contributed by atoms with Crippen LogP contribution in [-0.2, 0) is 5.79 Å². The van der Waals surface area contributed by atoms with Gasteiger partial charge in [-0.25, -0.2) is 0 Å². The van der Waals surface area contributed by atoms with Gasteiger partial charge < -0.3 is 4.74 Å². The third-order valence-electron chi connectivity index (χ3n) is 2.29. The summed E-state index contributed by atoms with van der Waals surface area (Å²) in [5, 5.41) is 32.6. The maximum atomic E-state index is 10.9. The highest BCUT2D eigenvalue weighted by molar-refractivity contribution is 6.30. The van der Waals surface area contributed by atoms with Gasteiger partial charge >= 0.3 is 5.79 Å². The van der Waals surface area contributed by atoms with Gasteiger partial charge in [-0.1, -0.05) is 11.6 Å². The van der Waals surface area contributed by atoms with Crippen LogP contribution in [0.3, 0.4) is 0 Å². The molecule has 0 radical (unpaired) electrons. The van der Waals surface area contributed by atoms with Gasteiger partial charge in [-0.3, -0.25) is 30.3 Å². The molecule has 0 amide bonds. The Hall–Kier alpha value is -2.49. The predicted octanol–water partition coefficient (Wildman–Crippen LogP) is 1.29. The first-order valence-electron chi connectivity index (χ1n) is 4.56. The van der Waals surface area contributed by atoms with Crippen LogP contribution in [-0.4, -0.2) is 21.9 Å². The van der Waals surface area contributed by atoms with E-state index in [2.05, 4.69) is 4.74 Å². The van der Waals surface area contributed by atoms with E-state index in [0.717, 1.165) is 19.2 Å². The Morgan fingerprint density at radius 1 is 1.11 bits per heavy atom. The summed E-state index contributed by atoms with van der Waals surface area (Å²) in [4.78, 5) is 27.9. The van der Waals surface area contributed by atoms with Crippen LogP contribution >= 0.6 is 11.6 Å². The molecule has 0 atom stereocenters. The lowest BCUT2D eigenvalue weighted by molar-refractivity contribution is -0.986. The number of halogens is 1. The van der Waals surface area contributed by atoms with Crippen LogP contribution in [0.5, 0.6) is 5.75 Å². The Kier molecular flexibility index (Phi) is 3.85. The number of nitrogens with zero attached hydrogens (tertiary/aromatic N) is 3. The largest absolute Gasteiger partial charge is 0.732 e. The highest BCUT2D eigenvalue weighted by Gasteiger charge is 2.74. The minimum Gasteiger partial charge on any atom is -0.496 e. The van der Waals surface area contributed by atoms with Crippen molar-refractivity contribution in [2.45, 2.75) is 5.79 Å². The SMILES string of the molecule is COc1ccc(Cl)cc1C([N+](=O)[O-])([N+](=O)[O-])[N+](=O)[O-]. The van der Waals surface area contributed by atoms with E-state index in [1.54, 1.807) is 0 Å². The molecule has 10 nitrogen and oxygen atoms in total. The number of nitro groups is 3. The van der Waals surface area contributed by atoms with E-state index in [1.165, 1.54) is 6.07 Å². The first-order chi connectivity index (χ1) is 8.78. The van der Waals surface area contributed by atoms with Gasteiger partial charge in [-0.2, -0.15) is 0 Å². The molecule has 0 unspecified atom stereocenters. The molecule has 1 aromatic rings. The maximum absolute atomic E-state index is 10.9. The van der Waals surface area contributed by atoms with E-state index in [-0.39, 0.29) is 10.8 Å². The van der Waals surface area contributed by atoms with Crippen molar-refractivity contribution in [2.24, 2.45) is 0 Å². The molecule has 0 N–H and O–H groups in total. The second-order valence-electron chi connectivity index (χ2n) is 3.25. The van der Waals surface area contributed by atoms with Crippen LogP contribution < -0.4 is 4.74 Å². The molecule has 102 valence electrons. The second-order valence-corrected chi connectivity index (χ2v) is 3.69. The molecule has 0 bridgehead atoms. The normalized spacial score (nSPS) is 10.8. The van der Waals surface area contributed by atoms with Crippen molar-refractivity contribution >= 4 is 11.6 Å². The fourth-order valence-corrected chi connectivity index (χ4v) is 1.61. The van der Waals surface area contributed by atoms with Crippen molar-refractivity contribution < 1.29 is 19.5 Å². The minimum atomic E-state index is -3.77. The molecule has 0 saturated carbocycles. The van der Waals surface area contributed by atoms with Crippen molar-refractivity contribution in [3.05, 3.63) is 59.1 Å². The molecule has 1 aromatic carbocycles. The number of methoxy groups -OCH3 is 1. The lowest BCUT2D eigenvalue weighted by atomic mass is 10.1. The van der Waals surface area contributed by atoms with Crippen LogP contribution in [0.15, 0.2) is 18.2 Å². The fourth-order valence-electron chi connectivity index (χ4n) is 1.44. The van der Waals surface area contributed by atoms with Crippen LogP contribution in [0.1, 0.15) is 5.56 Å². The molecule has 0 saturated heterocycles. The molecular formula is C8H6ClN3O7. The molecule has 0 spiro atoms. The Morgan fingerprint density at radius 3 is 1.95 bits per heavy atom. The second kappa shape index (κ2) is 5.02. The smallest absolute Gasteiger partial charge is 0.496 e. The van der Waals surface area contributed by atoms with Gasteiger partial charge in [-0.05, 0) is 18.2 Å². The lowest BCUT2D eigenvalue weighted by Crippen LogP contribution is -2.50. The molecule has 19 heavy (non-hydrogen) atoms. The Labute approximate surface area is 110 Å². The third kappa shape index (κ3) is 2.12. The fraction of sp³-hybridized carbons (Fsp3) is 0.250. The molecule has 11 heteroatoms. The Balaban J connectivity index is 3.76. The van der Waals surface area contributed by atoms with Gasteiger partial charge in [0.1, 0.15) is 5.75 Å². The highest BCUT2D eigenvalue weighted by Crippen LogP contribution is 2.35. The summed E-state index contributed by atoms with van der Waals surface area (Å²) in [5.74, 6) is -4.15. The van der Waals surface area contributed by atoms with Crippen molar-refractivity contribution in [1.82, 2.24) is 0 Å². The van der Waals surface area contributed by atoms with E-state index in [9.17, 15) is 30.3 Å². The summed E-state index contributed by atoms with van der Waals surface area (Å²) in [6, 6.07) is 3.06. The van der Waals surface area contributed by atoms with Crippen LogP contribution in [0.4, 0.5) is 0 Å². The first kappa shape index (κ1) is 14.6. The zero-order chi connectivity index (χ0) is 14.8. The summed E-state index contributed by atoms with van der Waals surface area (Å²) in [6.07, 6.45) is 0. The zero-order valence-corrected chi connectivity index (χ0v) is 10.1. The molecule has 0 aromatic heterocycles. The topological polar surface area (TPSA) is 139 Å². The average molecular weight is 292 g/mol. The number of hydrogen-bond acceptors (Lipinski definition) is 7. The Morgan fingerprint density at radius 2 is 1.58 bits per heavy atom. The van der Waals surface area contributed by atoms with Crippen molar-refractivity contribution in [3.8, 4) is 5.75 Å². The van der Waals surface area contributed by atoms with E-state index >= 15 is 0 Å². The molecule has 0 fully saturated rings. The molecule has 0 aliphatic rings. The minimum absolute atomic E-state index is 0.134. The van der Waals surface area contributed by atoms with Gasteiger partial charge in [-0.15, -0.1) is 0 Å². The van der Waals surface area contributed by atoms with Crippen molar-refractivity contribution in [3.63, 3.8) is 0 Å². The predicted molar refractivity (Wildman–Crippen MR) is 60.7 cm³/mol. The highest BCUT2D eigenvalue weighted by atomic mass is 35.5. The monoisotopic (exact) mass is 291 g/mol. The molecular weight excluding hydrogens is 286 g/mol. The van der Waals surface area contributed by atoms with Crippen LogP contribution in [0.2, 0.25) is 5.02 Å². The van der Waals surface area contributed by atoms with Crippen molar-refractivity contribution in [1.29, 1.82) is 0 Å². The average Bonchev–Trinajstić information content (AvgIpc) is 2.28. The van der Waals surface area contributed by atoms with Crippen molar-refractivity contribution in [2.75, 3.05) is 7.11 Å². The van der Waals surface area contributed by atoms with Gasteiger partial charge in [0.15, 0.2) is 14.8 Å². The lowest BCUT2D eigenvalue weighted by Gasteiger charge is -2.12. The van der Waals surface area contributed by atoms with Gasteiger partial charge in [0.25, 0.3) is 0 Å². The van der Waals surface area contributed by atoms with Gasteiger partial charge in [0, 0.05) is 5.02 Å².